The van der Waals surface area contributed by atoms with E-state index in [4.69, 9.17) is 5.11 Å². The Kier molecular flexibility index (Phi) is 3.98. The first kappa shape index (κ1) is 17.3. The highest BCUT2D eigenvalue weighted by Crippen LogP contribution is 2.42. The highest BCUT2D eigenvalue weighted by atomic mass is 16.4. The topological polar surface area (TPSA) is 130 Å². The molecule has 0 saturated heterocycles. The van der Waals surface area contributed by atoms with E-state index in [-0.39, 0.29) is 0 Å². The average molecular weight is 391 g/mol. The molecule has 1 aromatic carbocycles. The molecule has 3 N–H and O–H groups in total. The zero-order valence-corrected chi connectivity index (χ0v) is 15.2. The number of imidazole rings is 1. The molecule has 0 aliphatic heterocycles. The van der Waals surface area contributed by atoms with Crippen molar-refractivity contribution in [2.75, 3.05) is 5.32 Å². The first-order valence-corrected chi connectivity index (χ1v) is 9.11. The van der Waals surface area contributed by atoms with Crippen molar-refractivity contribution in [2.24, 2.45) is 0 Å². The third kappa shape index (κ3) is 3.19. The van der Waals surface area contributed by atoms with E-state index in [1.165, 1.54) is 4.68 Å². The predicted octanol–water partition coefficient (Wildman–Crippen LogP) is 2.36. The lowest BCUT2D eigenvalue weighted by molar-refractivity contribution is 0.206. The van der Waals surface area contributed by atoms with Crippen LogP contribution in [0.15, 0.2) is 49.2 Å². The van der Waals surface area contributed by atoms with Gasteiger partial charge in [-0.2, -0.15) is 0 Å². The second-order valence-electron chi connectivity index (χ2n) is 6.96. The number of hydrogen-bond donors (Lipinski definition) is 3. The van der Waals surface area contributed by atoms with Crippen molar-refractivity contribution in [3.05, 3.63) is 66.3 Å². The molecule has 1 saturated carbocycles. The number of nitrogens with zero attached hydrogens (tertiary/aromatic N) is 6. The summed E-state index contributed by atoms with van der Waals surface area (Å²) in [6.45, 7) is 0. The van der Waals surface area contributed by atoms with Gasteiger partial charge in [0.05, 0.1) is 47.5 Å². The Morgan fingerprint density at radius 1 is 1.21 bits per heavy atom. The number of fused-ring (bicyclic) bond motifs is 1. The summed E-state index contributed by atoms with van der Waals surface area (Å²) in [5, 5.41) is 30.4. The van der Waals surface area contributed by atoms with Crippen LogP contribution in [-0.2, 0) is 0 Å². The number of aliphatic hydroxyl groups is 1. The van der Waals surface area contributed by atoms with Crippen LogP contribution in [-0.4, -0.2) is 45.7 Å². The number of anilines is 1. The van der Waals surface area contributed by atoms with E-state index in [2.05, 4.69) is 25.6 Å². The smallest absolute Gasteiger partial charge is 0.409 e. The van der Waals surface area contributed by atoms with Crippen LogP contribution >= 0.6 is 0 Å². The molecule has 146 valence electrons. The number of rotatable bonds is 5. The van der Waals surface area contributed by atoms with Gasteiger partial charge in [0.15, 0.2) is 0 Å². The first-order chi connectivity index (χ1) is 14.1. The van der Waals surface area contributed by atoms with E-state index >= 15 is 0 Å². The Morgan fingerprint density at radius 3 is 2.72 bits per heavy atom. The number of amides is 1. The second kappa shape index (κ2) is 6.67. The zero-order valence-electron chi connectivity index (χ0n) is 15.2. The van der Waals surface area contributed by atoms with Crippen molar-refractivity contribution < 1.29 is 15.0 Å². The van der Waals surface area contributed by atoms with Gasteiger partial charge in [-0.05, 0) is 37.1 Å². The largest absolute Gasteiger partial charge is 0.465 e. The van der Waals surface area contributed by atoms with E-state index < -0.39 is 12.2 Å². The molecule has 1 unspecified atom stereocenters. The summed E-state index contributed by atoms with van der Waals surface area (Å²) in [6.07, 6.45) is 6.75. The van der Waals surface area contributed by atoms with E-state index in [0.717, 1.165) is 24.1 Å². The molecule has 1 aliphatic carbocycles. The van der Waals surface area contributed by atoms with Gasteiger partial charge in [-0.15, -0.1) is 5.10 Å². The number of hydrogen-bond acceptors (Lipinski definition) is 6. The van der Waals surface area contributed by atoms with Gasteiger partial charge in [0, 0.05) is 11.6 Å². The van der Waals surface area contributed by atoms with E-state index in [9.17, 15) is 9.90 Å². The second-order valence-corrected chi connectivity index (χ2v) is 6.96. The van der Waals surface area contributed by atoms with Crippen LogP contribution in [0.25, 0.3) is 11.2 Å². The van der Waals surface area contributed by atoms with Gasteiger partial charge in [-0.3, -0.25) is 14.7 Å². The van der Waals surface area contributed by atoms with Crippen molar-refractivity contribution in [1.29, 1.82) is 0 Å². The third-order valence-corrected chi connectivity index (χ3v) is 4.92. The lowest BCUT2D eigenvalue weighted by Gasteiger charge is -2.15. The Morgan fingerprint density at radius 2 is 2.00 bits per heavy atom. The van der Waals surface area contributed by atoms with Gasteiger partial charge < -0.3 is 10.2 Å². The highest BCUT2D eigenvalue weighted by molar-refractivity contribution is 5.82. The van der Waals surface area contributed by atoms with Gasteiger partial charge in [-0.25, -0.2) is 14.5 Å². The molecule has 0 spiro atoms. The normalized spacial score (nSPS) is 14.8. The Bertz CT molecular complexity index is 1190. The van der Waals surface area contributed by atoms with Crippen molar-refractivity contribution in [3.63, 3.8) is 0 Å². The summed E-state index contributed by atoms with van der Waals surface area (Å²) in [5.74, 6) is 0.343. The number of carboxylic acid groups (broad SMARTS) is 1. The third-order valence-electron chi connectivity index (χ3n) is 4.92. The maximum atomic E-state index is 11.1. The fourth-order valence-electron chi connectivity index (χ4n) is 3.36. The average Bonchev–Trinajstić information content (AvgIpc) is 3.24. The molecule has 0 radical (unpaired) electrons. The van der Waals surface area contributed by atoms with Crippen LogP contribution in [0.2, 0.25) is 0 Å². The predicted molar refractivity (Wildman–Crippen MR) is 102 cm³/mol. The van der Waals surface area contributed by atoms with Gasteiger partial charge >= 0.3 is 6.09 Å². The standard InChI is InChI=1S/C19H17N7O3/c27-18(17-16(11-1-2-11)21-8-14-7-20-10-25(14)17)15-9-26(24-23-15)13-5-3-12(4-6-13)22-19(28)29/h3-11,18,22,27H,1-2H2,(H,28,29). The maximum absolute atomic E-state index is 11.1. The minimum absolute atomic E-state index is 0.343. The molecule has 1 atom stereocenters. The Balaban J connectivity index is 1.48. The van der Waals surface area contributed by atoms with Gasteiger partial charge in [0.1, 0.15) is 11.8 Å². The lowest BCUT2D eigenvalue weighted by atomic mass is 10.1. The fourth-order valence-corrected chi connectivity index (χ4v) is 3.36. The van der Waals surface area contributed by atoms with Gasteiger partial charge in [0.25, 0.3) is 0 Å². The summed E-state index contributed by atoms with van der Waals surface area (Å²) in [4.78, 5) is 19.4. The first-order valence-electron chi connectivity index (χ1n) is 9.11. The summed E-state index contributed by atoms with van der Waals surface area (Å²) < 4.78 is 3.37. The SMILES string of the molecule is O=C(O)Nc1ccc(-n2cc(C(O)c3c(C4CC4)ncc4cncn34)nn2)cc1. The summed E-state index contributed by atoms with van der Waals surface area (Å²) >= 11 is 0. The molecular weight excluding hydrogens is 374 g/mol. The molecule has 3 aromatic heterocycles. The number of aliphatic hydroxyl groups excluding tert-OH is 1. The molecule has 3 heterocycles. The van der Waals surface area contributed by atoms with Crippen LogP contribution in [0.3, 0.4) is 0 Å². The molecule has 4 aromatic rings. The fraction of sp³-hybridized carbons (Fsp3) is 0.211. The molecular formula is C19H17N7O3. The molecule has 1 aliphatic rings. The molecule has 1 amide bonds. The molecule has 10 heteroatoms. The molecule has 10 nitrogen and oxygen atoms in total. The van der Waals surface area contributed by atoms with Crippen molar-refractivity contribution >= 4 is 17.3 Å². The van der Waals surface area contributed by atoms with E-state index in [0.29, 0.717) is 28.7 Å². The van der Waals surface area contributed by atoms with Crippen molar-refractivity contribution in [2.45, 2.75) is 24.9 Å². The van der Waals surface area contributed by atoms with E-state index in [1.807, 2.05) is 4.40 Å². The number of carbonyl (C=O) groups is 1. The lowest BCUT2D eigenvalue weighted by Crippen LogP contribution is -2.11. The monoisotopic (exact) mass is 391 g/mol. The molecule has 1 fully saturated rings. The number of nitrogens with one attached hydrogen (secondary N) is 1. The van der Waals surface area contributed by atoms with Crippen LogP contribution in [0.4, 0.5) is 10.5 Å². The van der Waals surface area contributed by atoms with E-state index in [1.54, 1.807) is 49.2 Å². The van der Waals surface area contributed by atoms with Crippen LogP contribution in [0.5, 0.6) is 0 Å². The minimum Gasteiger partial charge on any atom is -0.465 e. The van der Waals surface area contributed by atoms with Gasteiger partial charge in [-0.1, -0.05) is 5.21 Å². The zero-order chi connectivity index (χ0) is 20.0. The van der Waals surface area contributed by atoms with Crippen LogP contribution < -0.4 is 5.32 Å². The van der Waals surface area contributed by atoms with Gasteiger partial charge in [0.2, 0.25) is 0 Å². The Hall–Kier alpha value is -3.79. The molecule has 29 heavy (non-hydrogen) atoms. The highest BCUT2D eigenvalue weighted by Gasteiger charge is 2.32. The minimum atomic E-state index is -1.13. The summed E-state index contributed by atoms with van der Waals surface area (Å²) in [5.41, 5.74) is 3.86. The number of benzene rings is 1. The van der Waals surface area contributed by atoms with Crippen LogP contribution in [0.1, 0.15) is 41.9 Å². The summed E-state index contributed by atoms with van der Waals surface area (Å²) in [6, 6.07) is 6.68. The Labute approximate surface area is 164 Å². The van der Waals surface area contributed by atoms with Crippen molar-refractivity contribution in [3.8, 4) is 5.69 Å². The number of aromatic nitrogens is 6. The van der Waals surface area contributed by atoms with Crippen LogP contribution in [0, 0.1) is 0 Å². The van der Waals surface area contributed by atoms with Crippen molar-refractivity contribution in [1.82, 2.24) is 29.4 Å². The summed E-state index contributed by atoms with van der Waals surface area (Å²) in [7, 11) is 0. The maximum Gasteiger partial charge on any atom is 0.409 e. The molecule has 5 rings (SSSR count). The molecule has 0 bridgehead atoms. The quantitative estimate of drug-likeness (QED) is 0.476.